The van der Waals surface area contributed by atoms with Gasteiger partial charge in [-0.1, -0.05) is 24.3 Å². The quantitative estimate of drug-likeness (QED) is 0.198. The van der Waals surface area contributed by atoms with Crippen LogP contribution in [0.25, 0.3) is 10.9 Å². The van der Waals surface area contributed by atoms with Crippen molar-refractivity contribution in [3.8, 4) is 0 Å². The number of benzene rings is 1. The van der Waals surface area contributed by atoms with Crippen molar-refractivity contribution in [1.82, 2.24) is 10.3 Å². The van der Waals surface area contributed by atoms with Crippen LogP contribution in [-0.2, 0) is 68.3 Å². The van der Waals surface area contributed by atoms with Crippen molar-refractivity contribution < 1.29 is 61.9 Å². The summed E-state index contributed by atoms with van der Waals surface area (Å²) in [6.45, 7) is 8.88. The third-order valence-corrected chi connectivity index (χ3v) is 8.87. The Morgan fingerprint density at radius 1 is 0.920 bits per heavy atom. The highest BCUT2D eigenvalue weighted by Gasteiger charge is 2.54. The fraction of sp³-hybridized carbons (Fsp3) is 0.514. The second-order valence-electron chi connectivity index (χ2n) is 12.2. The molecule has 1 saturated heterocycles. The Kier molecular flexibility index (Phi) is 11.6. The molecule has 0 spiro atoms. The fourth-order valence-electron chi connectivity index (χ4n) is 6.86. The van der Waals surface area contributed by atoms with E-state index in [0.29, 0.717) is 13.0 Å². The average molecular weight is 699 g/mol. The van der Waals surface area contributed by atoms with Crippen LogP contribution in [-0.4, -0.2) is 92.1 Å². The van der Waals surface area contributed by atoms with Gasteiger partial charge in [-0.15, -0.1) is 6.58 Å². The van der Waals surface area contributed by atoms with Crippen molar-refractivity contribution in [2.24, 2.45) is 11.8 Å². The molecule has 0 amide bonds. The number of carbonyl (C=O) groups is 5. The molecule has 15 heteroatoms. The molecular formula is C35H42N2O13. The van der Waals surface area contributed by atoms with Gasteiger partial charge in [0.25, 0.3) is 0 Å². The Bertz CT molecular complexity index is 1650. The molecule has 5 rings (SSSR count). The molecule has 1 fully saturated rings. The van der Waals surface area contributed by atoms with Crippen LogP contribution in [0.5, 0.6) is 0 Å². The van der Waals surface area contributed by atoms with Crippen LogP contribution in [0, 0.1) is 11.8 Å². The van der Waals surface area contributed by atoms with Gasteiger partial charge >= 0.3 is 29.8 Å². The maximum absolute atomic E-state index is 13.1. The first kappa shape index (κ1) is 36.5. The summed E-state index contributed by atoms with van der Waals surface area (Å²) in [6, 6.07) is 7.85. The number of rotatable bonds is 11. The summed E-state index contributed by atoms with van der Waals surface area (Å²) in [4.78, 5) is 65.1. The van der Waals surface area contributed by atoms with Gasteiger partial charge < -0.3 is 48.2 Å². The molecule has 0 radical (unpaired) electrons. The molecule has 0 saturated carbocycles. The fourth-order valence-corrected chi connectivity index (χ4v) is 6.86. The van der Waals surface area contributed by atoms with E-state index >= 15 is 0 Å². The average Bonchev–Trinajstić information content (AvgIpc) is 3.45. The van der Waals surface area contributed by atoms with Gasteiger partial charge in [0.15, 0.2) is 18.3 Å². The molecule has 3 aliphatic rings. The standard InChI is InChI=1S/C35H42N2O13/c1-7-21-24(14-27-29-23(12-13-36-27)22-10-8-9-11-26(22)37-29)25(33(42)43-6)15-45-34(21)50-35-32(48-20(5)41)31(47-19(4)40)30(46-18(3)39)28(49-35)16-44-17(2)38/h7-11,15,21,24,27-28,30-32,34-37H,1,12-14,16H2,2-6H3/t21-,24+,27+,28-,30-,31+,32-,34+,35+/m1/s1. The SMILES string of the molecule is C=C[C@H]1[C@H](O[C@@H]2O[C@H](COC(C)=O)[C@@H](OC(C)=O)[C@H](OC(C)=O)[C@H]2OC(C)=O)OC=C(C(=O)OC)[C@H]1C[C@@H]1NCCc2c1[nH]c1ccccc21. The summed E-state index contributed by atoms with van der Waals surface area (Å²) < 4.78 is 45.3. The van der Waals surface area contributed by atoms with Gasteiger partial charge in [-0.05, 0) is 31.0 Å². The van der Waals surface area contributed by atoms with Crippen LogP contribution in [0.2, 0.25) is 0 Å². The summed E-state index contributed by atoms with van der Waals surface area (Å²) >= 11 is 0. The topological polar surface area (TPSA) is 187 Å². The molecule has 0 aliphatic carbocycles. The Morgan fingerprint density at radius 3 is 2.26 bits per heavy atom. The van der Waals surface area contributed by atoms with Gasteiger partial charge in [0, 0.05) is 62.2 Å². The number of esters is 5. The number of para-hydroxylation sites is 1. The molecule has 2 N–H and O–H groups in total. The minimum atomic E-state index is -1.51. The van der Waals surface area contributed by atoms with Gasteiger partial charge in [0.05, 0.1) is 18.9 Å². The molecule has 0 bridgehead atoms. The van der Waals surface area contributed by atoms with Crippen molar-refractivity contribution in [3.05, 3.63) is 60.0 Å². The van der Waals surface area contributed by atoms with Crippen LogP contribution in [0.4, 0.5) is 0 Å². The van der Waals surface area contributed by atoms with E-state index in [1.165, 1.54) is 25.9 Å². The molecule has 9 atom stereocenters. The lowest BCUT2D eigenvalue weighted by molar-refractivity contribution is -0.342. The summed E-state index contributed by atoms with van der Waals surface area (Å²) in [6.07, 6.45) is -4.10. The number of H-pyrrole nitrogens is 1. The largest absolute Gasteiger partial charge is 0.471 e. The lowest BCUT2D eigenvalue weighted by Crippen LogP contribution is -2.63. The van der Waals surface area contributed by atoms with Crippen LogP contribution in [0.3, 0.4) is 0 Å². The van der Waals surface area contributed by atoms with E-state index in [4.69, 9.17) is 37.9 Å². The van der Waals surface area contributed by atoms with Crippen molar-refractivity contribution in [2.45, 2.75) is 83.6 Å². The number of nitrogens with one attached hydrogen (secondary N) is 2. The Balaban J connectivity index is 1.49. The van der Waals surface area contributed by atoms with E-state index < -0.39 is 85.3 Å². The highest BCUT2D eigenvalue weighted by atomic mass is 16.8. The molecule has 2 aromatic rings. The zero-order valence-corrected chi connectivity index (χ0v) is 28.5. The Hall–Kier alpha value is -4.73. The molecular weight excluding hydrogens is 656 g/mol. The summed E-state index contributed by atoms with van der Waals surface area (Å²) in [7, 11) is 1.28. The Morgan fingerprint density at radius 2 is 1.60 bits per heavy atom. The van der Waals surface area contributed by atoms with Gasteiger partial charge in [-0.2, -0.15) is 0 Å². The molecule has 15 nitrogen and oxygen atoms in total. The third-order valence-electron chi connectivity index (χ3n) is 8.87. The number of hydrogen-bond acceptors (Lipinski definition) is 14. The first-order chi connectivity index (χ1) is 23.9. The van der Waals surface area contributed by atoms with Crippen LogP contribution in [0.1, 0.15) is 51.4 Å². The molecule has 0 unspecified atom stereocenters. The van der Waals surface area contributed by atoms with Crippen LogP contribution >= 0.6 is 0 Å². The molecule has 50 heavy (non-hydrogen) atoms. The number of hydrogen-bond donors (Lipinski definition) is 2. The monoisotopic (exact) mass is 698 g/mol. The maximum atomic E-state index is 13.1. The normalized spacial score (nSPS) is 29.0. The Labute approximate surface area is 288 Å². The zero-order valence-electron chi connectivity index (χ0n) is 28.5. The van der Waals surface area contributed by atoms with E-state index in [1.807, 2.05) is 18.2 Å². The highest BCUT2D eigenvalue weighted by Crippen LogP contribution is 2.42. The van der Waals surface area contributed by atoms with E-state index in [2.05, 4.69) is 22.9 Å². The minimum absolute atomic E-state index is 0.198. The number of carbonyl (C=O) groups excluding carboxylic acids is 5. The van der Waals surface area contributed by atoms with Gasteiger partial charge in [0.2, 0.25) is 12.6 Å². The van der Waals surface area contributed by atoms with Gasteiger partial charge in [0.1, 0.15) is 12.7 Å². The highest BCUT2D eigenvalue weighted by molar-refractivity contribution is 5.89. The maximum Gasteiger partial charge on any atom is 0.337 e. The second kappa shape index (κ2) is 15.9. The molecule has 1 aromatic carbocycles. The van der Waals surface area contributed by atoms with E-state index in [0.717, 1.165) is 43.8 Å². The number of aromatic amines is 1. The van der Waals surface area contributed by atoms with Crippen molar-refractivity contribution in [1.29, 1.82) is 0 Å². The molecule has 4 heterocycles. The molecule has 3 aliphatic heterocycles. The number of methoxy groups -OCH3 is 1. The van der Waals surface area contributed by atoms with Crippen molar-refractivity contribution in [2.75, 3.05) is 20.3 Å². The summed E-state index contributed by atoms with van der Waals surface area (Å²) in [5.74, 6) is -4.82. The number of aromatic nitrogens is 1. The van der Waals surface area contributed by atoms with E-state index in [-0.39, 0.29) is 11.6 Å². The number of fused-ring (bicyclic) bond motifs is 3. The van der Waals surface area contributed by atoms with E-state index in [9.17, 15) is 24.0 Å². The first-order valence-corrected chi connectivity index (χ1v) is 16.3. The summed E-state index contributed by atoms with van der Waals surface area (Å²) in [5, 5.41) is 4.70. The summed E-state index contributed by atoms with van der Waals surface area (Å²) in [5.41, 5.74) is 3.46. The number of ether oxygens (including phenoxy) is 8. The zero-order chi connectivity index (χ0) is 36.1. The third kappa shape index (κ3) is 8.01. The predicted molar refractivity (Wildman–Crippen MR) is 173 cm³/mol. The first-order valence-electron chi connectivity index (χ1n) is 16.3. The van der Waals surface area contributed by atoms with Gasteiger partial charge in [-0.3, -0.25) is 19.2 Å². The van der Waals surface area contributed by atoms with Gasteiger partial charge in [-0.25, -0.2) is 4.79 Å². The van der Waals surface area contributed by atoms with Crippen molar-refractivity contribution >= 4 is 40.7 Å². The van der Waals surface area contributed by atoms with Crippen LogP contribution < -0.4 is 5.32 Å². The lowest BCUT2D eigenvalue weighted by atomic mass is 9.78. The van der Waals surface area contributed by atoms with Crippen LogP contribution in [0.15, 0.2) is 48.8 Å². The lowest BCUT2D eigenvalue weighted by Gasteiger charge is -2.46. The molecule has 270 valence electrons. The van der Waals surface area contributed by atoms with E-state index in [1.54, 1.807) is 6.08 Å². The second-order valence-corrected chi connectivity index (χ2v) is 12.2. The predicted octanol–water partition coefficient (Wildman–Crippen LogP) is 2.68. The minimum Gasteiger partial charge on any atom is -0.471 e. The van der Waals surface area contributed by atoms with Crippen molar-refractivity contribution in [3.63, 3.8) is 0 Å². The smallest absolute Gasteiger partial charge is 0.337 e. The molecule has 1 aromatic heterocycles.